The Morgan fingerprint density at radius 1 is 1.41 bits per heavy atom. The van der Waals surface area contributed by atoms with E-state index < -0.39 is 18.9 Å². The molecule has 1 aromatic rings. The maximum absolute atomic E-state index is 11.8. The summed E-state index contributed by atoms with van der Waals surface area (Å²) in [6, 6.07) is 1.74. The van der Waals surface area contributed by atoms with Gasteiger partial charge in [0.2, 0.25) is 0 Å². The molecule has 1 rings (SSSR count). The van der Waals surface area contributed by atoms with Crippen LogP contribution in [-0.2, 0) is 4.74 Å². The van der Waals surface area contributed by atoms with Gasteiger partial charge in [-0.15, -0.1) is 0 Å². The first-order chi connectivity index (χ1) is 7.88. The average molecular weight is 249 g/mol. The second-order valence-corrected chi connectivity index (χ2v) is 3.77. The quantitative estimate of drug-likeness (QED) is 0.815. The zero-order chi connectivity index (χ0) is 12.9. The van der Waals surface area contributed by atoms with E-state index in [1.807, 2.05) is 6.92 Å². The number of pyridine rings is 1. The van der Waals surface area contributed by atoms with Crippen molar-refractivity contribution in [1.29, 1.82) is 0 Å². The summed E-state index contributed by atoms with van der Waals surface area (Å²) in [4.78, 5) is 3.89. The SMILES string of the molecule is Cc1cncc(C(O)CCOCC(F)(F)F)c1. The van der Waals surface area contributed by atoms with Gasteiger partial charge in [-0.25, -0.2) is 0 Å². The van der Waals surface area contributed by atoms with Gasteiger partial charge in [-0.2, -0.15) is 13.2 Å². The van der Waals surface area contributed by atoms with Crippen LogP contribution in [0.2, 0.25) is 0 Å². The van der Waals surface area contributed by atoms with Gasteiger partial charge in [-0.1, -0.05) is 6.07 Å². The molecule has 1 aromatic heterocycles. The van der Waals surface area contributed by atoms with E-state index in [1.54, 1.807) is 12.3 Å². The number of aliphatic hydroxyl groups excluding tert-OH is 1. The number of halogens is 3. The molecule has 0 aliphatic carbocycles. The molecule has 0 aliphatic rings. The Bertz CT molecular complexity index is 355. The Kier molecular flexibility index (Phi) is 4.89. The monoisotopic (exact) mass is 249 g/mol. The summed E-state index contributed by atoms with van der Waals surface area (Å²) >= 11 is 0. The summed E-state index contributed by atoms with van der Waals surface area (Å²) in [6.45, 7) is 0.393. The van der Waals surface area contributed by atoms with Gasteiger partial charge < -0.3 is 9.84 Å². The van der Waals surface area contributed by atoms with Crippen molar-refractivity contribution in [3.05, 3.63) is 29.6 Å². The number of nitrogens with zero attached hydrogens (tertiary/aromatic N) is 1. The van der Waals surface area contributed by atoms with Crippen molar-refractivity contribution in [2.75, 3.05) is 13.2 Å². The molecule has 6 heteroatoms. The first kappa shape index (κ1) is 13.9. The van der Waals surface area contributed by atoms with Crippen molar-refractivity contribution in [3.63, 3.8) is 0 Å². The van der Waals surface area contributed by atoms with Gasteiger partial charge in [0.25, 0.3) is 0 Å². The van der Waals surface area contributed by atoms with E-state index in [9.17, 15) is 18.3 Å². The summed E-state index contributed by atoms with van der Waals surface area (Å²) < 4.78 is 39.7. The Labute approximate surface area is 97.2 Å². The number of aryl methyl sites for hydroxylation is 1. The molecule has 0 fully saturated rings. The summed E-state index contributed by atoms with van der Waals surface area (Å²) in [5.41, 5.74) is 1.47. The minimum absolute atomic E-state index is 0.112. The highest BCUT2D eigenvalue weighted by Crippen LogP contribution is 2.18. The van der Waals surface area contributed by atoms with Crippen molar-refractivity contribution in [2.45, 2.75) is 25.6 Å². The lowest BCUT2D eigenvalue weighted by Gasteiger charge is -2.12. The highest BCUT2D eigenvalue weighted by molar-refractivity contribution is 5.18. The first-order valence-electron chi connectivity index (χ1n) is 5.12. The molecule has 1 unspecified atom stereocenters. The molecule has 3 nitrogen and oxygen atoms in total. The van der Waals surface area contributed by atoms with Crippen LogP contribution >= 0.6 is 0 Å². The van der Waals surface area contributed by atoms with Crippen molar-refractivity contribution < 1.29 is 23.0 Å². The van der Waals surface area contributed by atoms with Crippen LogP contribution in [0.4, 0.5) is 13.2 Å². The summed E-state index contributed by atoms with van der Waals surface area (Å²) in [7, 11) is 0. The second-order valence-electron chi connectivity index (χ2n) is 3.77. The predicted molar refractivity (Wildman–Crippen MR) is 55.4 cm³/mol. The number of alkyl halides is 3. The van der Waals surface area contributed by atoms with Gasteiger partial charge in [0.15, 0.2) is 0 Å². The molecule has 0 saturated heterocycles. The maximum Gasteiger partial charge on any atom is 0.411 e. The summed E-state index contributed by atoms with van der Waals surface area (Å²) in [5, 5.41) is 9.67. The molecule has 0 amide bonds. The molecule has 96 valence electrons. The third-order valence-corrected chi connectivity index (χ3v) is 2.08. The summed E-state index contributed by atoms with van der Waals surface area (Å²) in [5.74, 6) is 0. The Hall–Kier alpha value is -1.14. The smallest absolute Gasteiger partial charge is 0.388 e. The molecule has 0 saturated carbocycles. The molecule has 1 atom stereocenters. The van der Waals surface area contributed by atoms with E-state index in [4.69, 9.17) is 0 Å². The molecule has 0 aromatic carbocycles. The van der Waals surface area contributed by atoms with Crippen LogP contribution in [0.25, 0.3) is 0 Å². The van der Waals surface area contributed by atoms with E-state index in [0.29, 0.717) is 5.56 Å². The van der Waals surface area contributed by atoms with Crippen molar-refractivity contribution in [2.24, 2.45) is 0 Å². The number of hydrogen-bond acceptors (Lipinski definition) is 3. The molecule has 1 heterocycles. The van der Waals surface area contributed by atoms with Crippen LogP contribution in [0, 0.1) is 6.92 Å². The maximum atomic E-state index is 11.8. The van der Waals surface area contributed by atoms with Crippen LogP contribution in [0.5, 0.6) is 0 Å². The van der Waals surface area contributed by atoms with Crippen LogP contribution in [0.3, 0.4) is 0 Å². The minimum Gasteiger partial charge on any atom is -0.388 e. The number of aromatic nitrogens is 1. The molecular weight excluding hydrogens is 235 g/mol. The number of rotatable bonds is 5. The van der Waals surface area contributed by atoms with Crippen LogP contribution in [0.15, 0.2) is 18.5 Å². The standard InChI is InChI=1S/C11H14F3NO2/c1-8-4-9(6-15-5-8)10(16)2-3-17-7-11(12,13)14/h4-6,10,16H,2-3,7H2,1H3. The lowest BCUT2D eigenvalue weighted by Crippen LogP contribution is -2.18. The van der Waals surface area contributed by atoms with Gasteiger partial charge in [0.05, 0.1) is 6.10 Å². The van der Waals surface area contributed by atoms with Gasteiger partial charge in [-0.05, 0) is 18.1 Å². The normalized spacial score (nSPS) is 13.7. The molecule has 17 heavy (non-hydrogen) atoms. The number of aliphatic hydroxyl groups is 1. The number of ether oxygens (including phenoxy) is 1. The fraction of sp³-hybridized carbons (Fsp3) is 0.545. The van der Waals surface area contributed by atoms with E-state index in [1.165, 1.54) is 6.20 Å². The Morgan fingerprint density at radius 3 is 2.71 bits per heavy atom. The topological polar surface area (TPSA) is 42.4 Å². The van der Waals surface area contributed by atoms with Gasteiger partial charge >= 0.3 is 6.18 Å². The van der Waals surface area contributed by atoms with Crippen LogP contribution < -0.4 is 0 Å². The average Bonchev–Trinajstić information content (AvgIpc) is 2.23. The van der Waals surface area contributed by atoms with Gasteiger partial charge in [-0.3, -0.25) is 4.98 Å². The molecule has 0 spiro atoms. The fourth-order valence-electron chi connectivity index (χ4n) is 1.31. The van der Waals surface area contributed by atoms with Gasteiger partial charge in [0.1, 0.15) is 6.61 Å². The highest BCUT2D eigenvalue weighted by Gasteiger charge is 2.27. The number of hydrogen-bond donors (Lipinski definition) is 1. The highest BCUT2D eigenvalue weighted by atomic mass is 19.4. The predicted octanol–water partition coefficient (Wildman–Crippen LogP) is 2.39. The molecule has 0 bridgehead atoms. The zero-order valence-corrected chi connectivity index (χ0v) is 9.37. The van der Waals surface area contributed by atoms with Crippen LogP contribution in [-0.4, -0.2) is 29.5 Å². The zero-order valence-electron chi connectivity index (χ0n) is 9.37. The van der Waals surface area contributed by atoms with E-state index in [0.717, 1.165) is 5.56 Å². The van der Waals surface area contributed by atoms with Gasteiger partial charge in [0, 0.05) is 25.4 Å². The molecule has 0 radical (unpaired) electrons. The largest absolute Gasteiger partial charge is 0.411 e. The van der Waals surface area contributed by atoms with Crippen LogP contribution in [0.1, 0.15) is 23.7 Å². The molecule has 1 N–H and O–H groups in total. The third-order valence-electron chi connectivity index (χ3n) is 2.08. The van der Waals surface area contributed by atoms with Crippen molar-refractivity contribution in [1.82, 2.24) is 4.98 Å². The van der Waals surface area contributed by atoms with E-state index >= 15 is 0 Å². The van der Waals surface area contributed by atoms with E-state index in [2.05, 4.69) is 9.72 Å². The first-order valence-corrected chi connectivity index (χ1v) is 5.12. The molecular formula is C11H14F3NO2. The second kappa shape index (κ2) is 5.97. The third kappa shape index (κ3) is 5.65. The van der Waals surface area contributed by atoms with Crippen molar-refractivity contribution >= 4 is 0 Å². The Morgan fingerprint density at radius 2 is 2.12 bits per heavy atom. The minimum atomic E-state index is -4.32. The van der Waals surface area contributed by atoms with E-state index in [-0.39, 0.29) is 13.0 Å². The lowest BCUT2D eigenvalue weighted by atomic mass is 10.1. The molecule has 0 aliphatic heterocycles. The lowest BCUT2D eigenvalue weighted by molar-refractivity contribution is -0.175. The fourth-order valence-corrected chi connectivity index (χ4v) is 1.31. The summed E-state index contributed by atoms with van der Waals surface area (Å²) in [6.07, 6.45) is -1.94. The Balaban J connectivity index is 2.33. The van der Waals surface area contributed by atoms with Crippen molar-refractivity contribution in [3.8, 4) is 0 Å².